The summed E-state index contributed by atoms with van der Waals surface area (Å²) in [4.78, 5) is 10.9. The lowest BCUT2D eigenvalue weighted by molar-refractivity contribution is -0.118. The average Bonchev–Trinajstić information content (AvgIpc) is 1.94. The van der Waals surface area contributed by atoms with Crippen LogP contribution in [0.15, 0.2) is 12.7 Å². The van der Waals surface area contributed by atoms with Gasteiger partial charge in [0.05, 0.1) is 0 Å². The number of carbonyl (C=O) groups excluding carboxylic acids is 1. The summed E-state index contributed by atoms with van der Waals surface area (Å²) in [6, 6.07) is 0.405. The number of carbonyl (C=O) groups is 1. The molecule has 12 heavy (non-hydrogen) atoms. The van der Waals surface area contributed by atoms with Gasteiger partial charge in [-0.05, 0) is 30.8 Å². The van der Waals surface area contributed by atoms with Crippen molar-refractivity contribution in [2.45, 2.75) is 32.7 Å². The first-order valence-electron chi connectivity index (χ1n) is 4.56. The van der Waals surface area contributed by atoms with Crippen LogP contribution in [0.5, 0.6) is 0 Å². The molecule has 0 aromatic carbocycles. The summed E-state index contributed by atoms with van der Waals surface area (Å²) in [5.74, 6) is 1.52. The summed E-state index contributed by atoms with van der Waals surface area (Å²) < 4.78 is 0. The highest BCUT2D eigenvalue weighted by Gasteiger charge is 2.31. The maximum Gasteiger partial charge on any atom is 0.243 e. The second-order valence-corrected chi connectivity index (χ2v) is 3.89. The van der Waals surface area contributed by atoms with Gasteiger partial charge in [-0.1, -0.05) is 20.4 Å². The topological polar surface area (TPSA) is 29.1 Å². The van der Waals surface area contributed by atoms with Crippen LogP contribution in [-0.4, -0.2) is 11.9 Å². The molecular formula is C10H17NO. The van der Waals surface area contributed by atoms with Crippen LogP contribution in [0.4, 0.5) is 0 Å². The van der Waals surface area contributed by atoms with E-state index in [1.807, 2.05) is 0 Å². The molecule has 1 fully saturated rings. The van der Waals surface area contributed by atoms with E-state index in [1.165, 1.54) is 6.08 Å². The van der Waals surface area contributed by atoms with Crippen molar-refractivity contribution >= 4 is 5.91 Å². The molecule has 0 radical (unpaired) electrons. The van der Waals surface area contributed by atoms with Crippen molar-refractivity contribution in [2.75, 3.05) is 0 Å². The van der Waals surface area contributed by atoms with Gasteiger partial charge >= 0.3 is 0 Å². The first kappa shape index (κ1) is 9.30. The normalized spacial score (nSPS) is 27.9. The zero-order valence-corrected chi connectivity index (χ0v) is 7.84. The van der Waals surface area contributed by atoms with Gasteiger partial charge in [-0.25, -0.2) is 0 Å². The van der Waals surface area contributed by atoms with Crippen LogP contribution in [0.3, 0.4) is 0 Å². The number of amides is 1. The minimum atomic E-state index is -0.0396. The van der Waals surface area contributed by atoms with Crippen molar-refractivity contribution < 1.29 is 4.79 Å². The van der Waals surface area contributed by atoms with Crippen LogP contribution in [0, 0.1) is 11.8 Å². The summed E-state index contributed by atoms with van der Waals surface area (Å²) >= 11 is 0. The molecule has 0 atom stereocenters. The third-order valence-corrected chi connectivity index (χ3v) is 2.65. The zero-order chi connectivity index (χ0) is 9.14. The highest BCUT2D eigenvalue weighted by atomic mass is 16.1. The van der Waals surface area contributed by atoms with E-state index in [2.05, 4.69) is 25.7 Å². The van der Waals surface area contributed by atoms with Gasteiger partial charge in [0.1, 0.15) is 0 Å². The Balaban J connectivity index is 2.17. The fraction of sp³-hybridized carbons (Fsp3) is 0.700. The van der Waals surface area contributed by atoms with Crippen LogP contribution >= 0.6 is 0 Å². The quantitative estimate of drug-likeness (QED) is 0.637. The van der Waals surface area contributed by atoms with E-state index in [1.54, 1.807) is 0 Å². The van der Waals surface area contributed by atoms with E-state index in [4.69, 9.17) is 0 Å². The number of hydrogen-bond donors (Lipinski definition) is 1. The van der Waals surface area contributed by atoms with Crippen LogP contribution < -0.4 is 5.32 Å². The predicted molar refractivity (Wildman–Crippen MR) is 49.7 cm³/mol. The Bertz CT molecular complexity index is 180. The van der Waals surface area contributed by atoms with Gasteiger partial charge in [0, 0.05) is 6.04 Å². The minimum Gasteiger partial charge on any atom is -0.350 e. The van der Waals surface area contributed by atoms with Gasteiger partial charge in [0.15, 0.2) is 0 Å². The summed E-state index contributed by atoms with van der Waals surface area (Å²) in [7, 11) is 0. The Morgan fingerprint density at radius 1 is 1.58 bits per heavy atom. The van der Waals surface area contributed by atoms with E-state index in [9.17, 15) is 4.79 Å². The summed E-state index contributed by atoms with van der Waals surface area (Å²) in [6.45, 7) is 7.88. The van der Waals surface area contributed by atoms with Crippen LogP contribution in [0.25, 0.3) is 0 Å². The molecule has 0 spiro atoms. The summed E-state index contributed by atoms with van der Waals surface area (Å²) in [6.07, 6.45) is 3.61. The van der Waals surface area contributed by atoms with Gasteiger partial charge in [0.25, 0.3) is 0 Å². The molecule has 0 bridgehead atoms. The van der Waals surface area contributed by atoms with Crippen LogP contribution in [0.2, 0.25) is 0 Å². The van der Waals surface area contributed by atoms with Crippen molar-refractivity contribution in [1.82, 2.24) is 5.32 Å². The van der Waals surface area contributed by atoms with Crippen molar-refractivity contribution in [3.05, 3.63) is 12.7 Å². The predicted octanol–water partition coefficient (Wildman–Crippen LogP) is 1.72. The third-order valence-electron chi connectivity index (χ3n) is 2.65. The van der Waals surface area contributed by atoms with Crippen LogP contribution in [-0.2, 0) is 4.79 Å². The lowest BCUT2D eigenvalue weighted by Gasteiger charge is -2.38. The van der Waals surface area contributed by atoms with E-state index in [0.29, 0.717) is 6.04 Å². The number of rotatable bonds is 3. The van der Waals surface area contributed by atoms with Gasteiger partial charge in [-0.2, -0.15) is 0 Å². The molecule has 68 valence electrons. The molecule has 0 unspecified atom stereocenters. The largest absolute Gasteiger partial charge is 0.350 e. The third kappa shape index (κ3) is 2.10. The Hall–Kier alpha value is -0.790. The average molecular weight is 167 g/mol. The maximum absolute atomic E-state index is 10.9. The van der Waals surface area contributed by atoms with E-state index < -0.39 is 0 Å². The maximum atomic E-state index is 10.9. The fourth-order valence-corrected chi connectivity index (χ4v) is 1.58. The van der Waals surface area contributed by atoms with Crippen molar-refractivity contribution in [3.8, 4) is 0 Å². The Kier molecular flexibility index (Phi) is 2.90. The van der Waals surface area contributed by atoms with E-state index in [-0.39, 0.29) is 5.91 Å². The van der Waals surface area contributed by atoms with Gasteiger partial charge in [-0.3, -0.25) is 4.79 Å². The minimum absolute atomic E-state index is 0.0396. The molecule has 1 saturated carbocycles. The van der Waals surface area contributed by atoms with Crippen molar-refractivity contribution in [1.29, 1.82) is 0 Å². The second-order valence-electron chi connectivity index (χ2n) is 3.89. The molecule has 1 aliphatic carbocycles. The highest BCUT2D eigenvalue weighted by molar-refractivity contribution is 5.87. The van der Waals surface area contributed by atoms with Crippen molar-refractivity contribution in [3.63, 3.8) is 0 Å². The van der Waals surface area contributed by atoms with Gasteiger partial charge in [-0.15, -0.1) is 0 Å². The monoisotopic (exact) mass is 167 g/mol. The highest BCUT2D eigenvalue weighted by Crippen LogP contribution is 2.33. The van der Waals surface area contributed by atoms with E-state index >= 15 is 0 Å². The molecule has 2 nitrogen and oxygen atoms in total. The molecule has 0 saturated heterocycles. The van der Waals surface area contributed by atoms with Gasteiger partial charge < -0.3 is 5.32 Å². The van der Waals surface area contributed by atoms with Crippen LogP contribution in [0.1, 0.15) is 26.7 Å². The lowest BCUT2D eigenvalue weighted by atomic mass is 9.74. The summed E-state index contributed by atoms with van der Waals surface area (Å²) in [5, 5.41) is 2.89. The number of nitrogens with one attached hydrogen (secondary N) is 1. The van der Waals surface area contributed by atoms with Gasteiger partial charge in [0.2, 0.25) is 5.91 Å². The Labute approximate surface area is 74.0 Å². The summed E-state index contributed by atoms with van der Waals surface area (Å²) in [5.41, 5.74) is 0. The first-order valence-corrected chi connectivity index (χ1v) is 4.56. The molecule has 1 rings (SSSR count). The molecule has 0 aromatic rings. The second kappa shape index (κ2) is 3.74. The smallest absolute Gasteiger partial charge is 0.243 e. The SMILES string of the molecule is C=CC(=O)N[C@H]1C[C@@H](C(C)C)C1. The molecule has 0 heterocycles. The van der Waals surface area contributed by atoms with E-state index in [0.717, 1.165) is 24.7 Å². The molecule has 2 heteroatoms. The molecule has 1 aliphatic rings. The lowest BCUT2D eigenvalue weighted by Crippen LogP contribution is -2.45. The molecule has 0 aromatic heterocycles. The first-order chi connectivity index (χ1) is 5.63. The molecular weight excluding hydrogens is 150 g/mol. The standard InChI is InChI=1S/C10H17NO/c1-4-10(12)11-9-5-8(6-9)7(2)3/h4,7-9H,1,5-6H2,2-3H3,(H,11,12)/t8-,9+. The Morgan fingerprint density at radius 2 is 2.17 bits per heavy atom. The molecule has 1 N–H and O–H groups in total. The fourth-order valence-electron chi connectivity index (χ4n) is 1.58. The number of hydrogen-bond acceptors (Lipinski definition) is 1. The Morgan fingerprint density at radius 3 is 2.58 bits per heavy atom. The molecule has 1 amide bonds. The molecule has 0 aliphatic heterocycles. The zero-order valence-electron chi connectivity index (χ0n) is 7.84. The van der Waals surface area contributed by atoms with Crippen molar-refractivity contribution in [2.24, 2.45) is 11.8 Å².